The van der Waals surface area contributed by atoms with Crippen molar-refractivity contribution in [2.75, 3.05) is 56.7 Å². The largest absolute Gasteiger partial charge is 0.378 e. The Hall–Kier alpha value is -2.64. The molecule has 1 saturated heterocycles. The molecule has 28 heavy (non-hydrogen) atoms. The molecular formula is C21H28N6O. The molecule has 3 heterocycles. The Morgan fingerprint density at radius 2 is 1.96 bits per heavy atom. The number of nitrogens with one attached hydrogen (secondary N) is 1. The predicted molar refractivity (Wildman–Crippen MR) is 114 cm³/mol. The molecule has 0 aliphatic carbocycles. The molecule has 1 fully saturated rings. The van der Waals surface area contributed by atoms with Crippen molar-refractivity contribution in [3.63, 3.8) is 0 Å². The molecule has 0 unspecified atom stereocenters. The van der Waals surface area contributed by atoms with Gasteiger partial charge in [0.25, 0.3) is 0 Å². The average Bonchev–Trinajstić information content (AvgIpc) is 2.75. The summed E-state index contributed by atoms with van der Waals surface area (Å²) in [6, 6.07) is 10.7. The van der Waals surface area contributed by atoms with Crippen molar-refractivity contribution < 1.29 is 4.74 Å². The number of rotatable bonds is 6. The zero-order chi connectivity index (χ0) is 19.3. The van der Waals surface area contributed by atoms with Crippen LogP contribution in [-0.2, 0) is 11.3 Å². The SMILES string of the molecule is CN1C=Nc2cc(-c3ccc(N4CCOCC4)cc3)nc(NCCCN)c2C1. The fraction of sp³-hybridized carbons (Fsp3) is 0.429. The van der Waals surface area contributed by atoms with Gasteiger partial charge in [-0.2, -0.15) is 0 Å². The van der Waals surface area contributed by atoms with E-state index in [9.17, 15) is 0 Å². The first-order valence-electron chi connectivity index (χ1n) is 9.90. The monoisotopic (exact) mass is 380 g/mol. The molecule has 1 aromatic heterocycles. The number of pyridine rings is 1. The van der Waals surface area contributed by atoms with Gasteiger partial charge in [-0.25, -0.2) is 9.98 Å². The van der Waals surface area contributed by atoms with E-state index >= 15 is 0 Å². The molecule has 148 valence electrons. The Morgan fingerprint density at radius 3 is 2.71 bits per heavy atom. The van der Waals surface area contributed by atoms with Gasteiger partial charge in [0.1, 0.15) is 5.82 Å². The quantitative estimate of drug-likeness (QED) is 0.750. The third-order valence-electron chi connectivity index (χ3n) is 5.11. The summed E-state index contributed by atoms with van der Waals surface area (Å²) in [6.07, 6.45) is 2.78. The second kappa shape index (κ2) is 8.58. The molecule has 7 heteroatoms. The standard InChI is InChI=1S/C21H28N6O/c1-26-14-18-20(24-15-26)13-19(25-21(18)23-8-2-7-22)16-3-5-17(6-4-16)27-9-11-28-12-10-27/h3-6,13,15H,2,7-12,14,22H2,1H3,(H,23,25). The second-order valence-electron chi connectivity index (χ2n) is 7.23. The number of fused-ring (bicyclic) bond motifs is 1. The lowest BCUT2D eigenvalue weighted by Crippen LogP contribution is -2.36. The molecule has 2 aromatic rings. The number of hydrogen-bond donors (Lipinski definition) is 2. The number of morpholine rings is 1. The van der Waals surface area contributed by atoms with Crippen LogP contribution in [0.3, 0.4) is 0 Å². The molecule has 0 saturated carbocycles. The molecule has 0 atom stereocenters. The molecular weight excluding hydrogens is 352 g/mol. The number of aromatic nitrogens is 1. The molecule has 0 amide bonds. The number of ether oxygens (including phenoxy) is 1. The van der Waals surface area contributed by atoms with Crippen LogP contribution in [0.2, 0.25) is 0 Å². The summed E-state index contributed by atoms with van der Waals surface area (Å²) in [7, 11) is 2.02. The van der Waals surface area contributed by atoms with Gasteiger partial charge in [-0.3, -0.25) is 0 Å². The molecule has 4 rings (SSSR count). The minimum Gasteiger partial charge on any atom is -0.378 e. The maximum Gasteiger partial charge on any atom is 0.133 e. The van der Waals surface area contributed by atoms with Crippen molar-refractivity contribution in [1.82, 2.24) is 9.88 Å². The van der Waals surface area contributed by atoms with E-state index in [1.54, 1.807) is 0 Å². The highest BCUT2D eigenvalue weighted by Crippen LogP contribution is 2.34. The minimum absolute atomic E-state index is 0.663. The fourth-order valence-electron chi connectivity index (χ4n) is 3.55. The number of benzene rings is 1. The Kier molecular flexibility index (Phi) is 5.73. The summed E-state index contributed by atoms with van der Waals surface area (Å²) in [5, 5.41) is 3.45. The lowest BCUT2D eigenvalue weighted by molar-refractivity contribution is 0.122. The molecule has 3 N–H and O–H groups in total. The van der Waals surface area contributed by atoms with Gasteiger partial charge in [-0.05, 0) is 31.2 Å². The fourth-order valence-corrected chi connectivity index (χ4v) is 3.55. The summed E-state index contributed by atoms with van der Waals surface area (Å²) in [5.74, 6) is 0.905. The first-order chi connectivity index (χ1) is 13.7. The van der Waals surface area contributed by atoms with Crippen molar-refractivity contribution in [2.24, 2.45) is 10.7 Å². The molecule has 0 radical (unpaired) electrons. The van der Waals surface area contributed by atoms with E-state index in [1.165, 1.54) is 5.69 Å². The van der Waals surface area contributed by atoms with Gasteiger partial charge in [0.05, 0.1) is 30.9 Å². The van der Waals surface area contributed by atoms with Gasteiger partial charge in [0.15, 0.2) is 0 Å². The van der Waals surface area contributed by atoms with Crippen LogP contribution in [0.4, 0.5) is 17.2 Å². The molecule has 2 aliphatic rings. The van der Waals surface area contributed by atoms with Crippen molar-refractivity contribution in [2.45, 2.75) is 13.0 Å². The normalized spacial score (nSPS) is 16.2. The Bertz CT molecular complexity index is 830. The number of nitrogens with two attached hydrogens (primary N) is 1. The number of nitrogens with zero attached hydrogens (tertiary/aromatic N) is 4. The maximum atomic E-state index is 5.65. The smallest absolute Gasteiger partial charge is 0.133 e. The molecule has 7 nitrogen and oxygen atoms in total. The van der Waals surface area contributed by atoms with Gasteiger partial charge in [-0.15, -0.1) is 0 Å². The van der Waals surface area contributed by atoms with Gasteiger partial charge in [0, 0.05) is 50.0 Å². The zero-order valence-corrected chi connectivity index (χ0v) is 16.4. The molecule has 2 aliphatic heterocycles. The Labute approximate surface area is 166 Å². The third-order valence-corrected chi connectivity index (χ3v) is 5.11. The van der Waals surface area contributed by atoms with Crippen LogP contribution >= 0.6 is 0 Å². The van der Waals surface area contributed by atoms with E-state index in [1.807, 2.05) is 13.4 Å². The highest BCUT2D eigenvalue weighted by molar-refractivity contribution is 5.76. The van der Waals surface area contributed by atoms with Crippen LogP contribution < -0.4 is 16.0 Å². The van der Waals surface area contributed by atoms with E-state index in [-0.39, 0.29) is 0 Å². The second-order valence-corrected chi connectivity index (χ2v) is 7.23. The van der Waals surface area contributed by atoms with Gasteiger partial charge >= 0.3 is 0 Å². The van der Waals surface area contributed by atoms with Crippen LogP contribution in [-0.4, -0.2) is 62.7 Å². The maximum absolute atomic E-state index is 5.65. The first-order valence-corrected chi connectivity index (χ1v) is 9.90. The van der Waals surface area contributed by atoms with Crippen molar-refractivity contribution in [1.29, 1.82) is 0 Å². The summed E-state index contributed by atoms with van der Waals surface area (Å²) in [6.45, 7) is 5.73. The van der Waals surface area contributed by atoms with E-state index < -0.39 is 0 Å². The van der Waals surface area contributed by atoms with Crippen LogP contribution in [0.1, 0.15) is 12.0 Å². The van der Waals surface area contributed by atoms with Crippen molar-refractivity contribution in [3.8, 4) is 11.3 Å². The molecule has 1 aromatic carbocycles. The van der Waals surface area contributed by atoms with Crippen molar-refractivity contribution in [3.05, 3.63) is 35.9 Å². The highest BCUT2D eigenvalue weighted by atomic mass is 16.5. The van der Waals surface area contributed by atoms with Crippen LogP contribution in [0.5, 0.6) is 0 Å². The average molecular weight is 380 g/mol. The summed E-state index contributed by atoms with van der Waals surface area (Å²) >= 11 is 0. The Morgan fingerprint density at radius 1 is 1.18 bits per heavy atom. The zero-order valence-electron chi connectivity index (χ0n) is 16.4. The van der Waals surface area contributed by atoms with E-state index in [0.717, 1.165) is 74.1 Å². The summed E-state index contributed by atoms with van der Waals surface area (Å²) in [5.41, 5.74) is 11.0. The predicted octanol–water partition coefficient (Wildman–Crippen LogP) is 2.45. The van der Waals surface area contributed by atoms with Crippen LogP contribution in [0.15, 0.2) is 35.3 Å². The lowest BCUT2D eigenvalue weighted by atomic mass is 10.1. The van der Waals surface area contributed by atoms with Gasteiger partial charge in [-0.1, -0.05) is 12.1 Å². The summed E-state index contributed by atoms with van der Waals surface area (Å²) < 4.78 is 5.44. The molecule has 0 spiro atoms. The van der Waals surface area contributed by atoms with Crippen LogP contribution in [0, 0.1) is 0 Å². The van der Waals surface area contributed by atoms with E-state index in [0.29, 0.717) is 6.54 Å². The third kappa shape index (κ3) is 4.10. The number of aliphatic imine (C=N–C) groups is 1. The van der Waals surface area contributed by atoms with E-state index in [4.69, 9.17) is 15.5 Å². The minimum atomic E-state index is 0.663. The lowest BCUT2D eigenvalue weighted by Gasteiger charge is -2.29. The first kappa shape index (κ1) is 18.7. The number of hydrogen-bond acceptors (Lipinski definition) is 7. The van der Waals surface area contributed by atoms with Gasteiger partial charge < -0.3 is 25.6 Å². The summed E-state index contributed by atoms with van der Waals surface area (Å²) in [4.78, 5) is 14.0. The van der Waals surface area contributed by atoms with Gasteiger partial charge in [0.2, 0.25) is 0 Å². The topological polar surface area (TPSA) is 79.0 Å². The Balaban J connectivity index is 1.62. The molecule has 0 bridgehead atoms. The van der Waals surface area contributed by atoms with Crippen molar-refractivity contribution >= 4 is 23.5 Å². The number of anilines is 2. The highest BCUT2D eigenvalue weighted by Gasteiger charge is 2.18. The van der Waals surface area contributed by atoms with Crippen LogP contribution in [0.25, 0.3) is 11.3 Å². The van der Waals surface area contributed by atoms with E-state index in [2.05, 4.69) is 50.4 Å².